The zero-order valence-corrected chi connectivity index (χ0v) is 20.1. The van der Waals surface area contributed by atoms with Crippen LogP contribution in [0.15, 0.2) is 60.2 Å². The lowest BCUT2D eigenvalue weighted by Crippen LogP contribution is -2.39. The number of rotatable bonds is 13. The van der Waals surface area contributed by atoms with Crippen molar-refractivity contribution in [3.05, 3.63) is 60.2 Å². The Morgan fingerprint density at radius 3 is 2.64 bits per heavy atom. The quantitative estimate of drug-likeness (QED) is 0.127. The van der Waals surface area contributed by atoms with Crippen molar-refractivity contribution in [3.8, 4) is 0 Å². The molecule has 1 amide bonds. The molecule has 2 heterocycles. The number of nitrogens with two attached hydrogens (primary N) is 1. The highest BCUT2D eigenvalue weighted by Crippen LogP contribution is 2.21. The van der Waals surface area contributed by atoms with Crippen molar-refractivity contribution in [2.24, 2.45) is 5.73 Å². The molecule has 0 spiro atoms. The van der Waals surface area contributed by atoms with Gasteiger partial charge in [-0.3, -0.25) is 14.6 Å². The SMILES string of the molecule is C=C(CCC/C=C(C)\C=C(/N)O)NC(=O)C(=C)C(C/C=C/CN1CCC(F)C1)N1CCCC1. The zero-order valence-electron chi connectivity index (χ0n) is 20.1. The Kier molecular flexibility index (Phi) is 11.4. The van der Waals surface area contributed by atoms with Gasteiger partial charge in [-0.05, 0) is 70.5 Å². The molecule has 2 rings (SSSR count). The molecule has 184 valence electrons. The Labute approximate surface area is 198 Å². The number of aliphatic hydroxyl groups is 1. The number of carbonyl (C=O) groups excluding carboxylic acids is 1. The molecule has 4 N–H and O–H groups in total. The Bertz CT molecular complexity index is 764. The number of unbranched alkanes of at least 4 members (excludes halogenated alkanes) is 1. The molecule has 2 aliphatic heterocycles. The first-order chi connectivity index (χ1) is 15.8. The lowest BCUT2D eigenvalue weighted by atomic mass is 10.0. The number of allylic oxidation sites excluding steroid dienone is 4. The number of nitrogens with one attached hydrogen (secondary N) is 1. The average molecular weight is 461 g/mol. The Morgan fingerprint density at radius 1 is 1.27 bits per heavy atom. The molecule has 33 heavy (non-hydrogen) atoms. The van der Waals surface area contributed by atoms with Crippen LogP contribution >= 0.6 is 0 Å². The average Bonchev–Trinajstić information content (AvgIpc) is 3.42. The molecule has 0 saturated carbocycles. The van der Waals surface area contributed by atoms with Crippen LogP contribution < -0.4 is 11.1 Å². The van der Waals surface area contributed by atoms with Crippen LogP contribution in [0.1, 0.15) is 51.9 Å². The second-order valence-electron chi connectivity index (χ2n) is 9.10. The molecule has 0 aromatic heterocycles. The Hall–Kier alpha value is -2.38. The summed E-state index contributed by atoms with van der Waals surface area (Å²) >= 11 is 0. The van der Waals surface area contributed by atoms with E-state index in [1.165, 1.54) is 6.08 Å². The molecular formula is C26H41FN4O2. The molecular weight excluding hydrogens is 419 g/mol. The summed E-state index contributed by atoms with van der Waals surface area (Å²) in [6.07, 6.45) is 12.9. The maximum absolute atomic E-state index is 13.3. The van der Waals surface area contributed by atoms with E-state index < -0.39 is 6.17 Å². The maximum atomic E-state index is 13.3. The zero-order chi connectivity index (χ0) is 24.2. The first-order valence-corrected chi connectivity index (χ1v) is 12.0. The molecule has 0 aromatic rings. The summed E-state index contributed by atoms with van der Waals surface area (Å²) in [4.78, 5) is 17.3. The molecule has 2 saturated heterocycles. The largest absolute Gasteiger partial charge is 0.495 e. The van der Waals surface area contributed by atoms with Gasteiger partial charge in [0.2, 0.25) is 0 Å². The standard InChI is InChI=1S/C26H41FN4O2/c1-20(18-25(28)32)10-4-5-11-21(2)29-26(33)22(3)24(31-15-8-9-16-31)12-6-7-14-30-17-13-23(27)19-30/h6-7,10,18,23-24,32H,2-5,8-9,11-17,19,28H2,1H3,(H,29,33)/b7-6+,20-10-,25-18+. The van der Waals surface area contributed by atoms with E-state index in [0.29, 0.717) is 30.7 Å². The van der Waals surface area contributed by atoms with Gasteiger partial charge in [-0.2, -0.15) is 0 Å². The molecule has 0 aliphatic carbocycles. The summed E-state index contributed by atoms with van der Waals surface area (Å²) in [5.74, 6) is -0.376. The summed E-state index contributed by atoms with van der Waals surface area (Å²) in [6, 6.07) is -0.0367. The number of aliphatic hydroxyl groups excluding tert-OH is 1. The van der Waals surface area contributed by atoms with Gasteiger partial charge < -0.3 is 16.2 Å². The minimum absolute atomic E-state index is 0.0367. The molecule has 2 unspecified atom stereocenters. The minimum atomic E-state index is -0.705. The van der Waals surface area contributed by atoms with E-state index in [0.717, 1.165) is 63.9 Å². The predicted octanol–water partition coefficient (Wildman–Crippen LogP) is 4.10. The molecule has 0 radical (unpaired) electrons. The molecule has 0 aromatic carbocycles. The third kappa shape index (κ3) is 9.96. The fourth-order valence-corrected chi connectivity index (χ4v) is 4.36. The normalized spacial score (nSPS) is 21.6. The molecule has 2 fully saturated rings. The Balaban J connectivity index is 1.81. The minimum Gasteiger partial charge on any atom is -0.495 e. The van der Waals surface area contributed by atoms with Crippen LogP contribution in [0.4, 0.5) is 4.39 Å². The predicted molar refractivity (Wildman–Crippen MR) is 133 cm³/mol. The number of carbonyl (C=O) groups is 1. The first kappa shape index (κ1) is 26.9. The van der Waals surface area contributed by atoms with Gasteiger partial charge in [-0.25, -0.2) is 4.39 Å². The van der Waals surface area contributed by atoms with E-state index in [2.05, 4.69) is 40.4 Å². The van der Waals surface area contributed by atoms with Crippen LogP contribution in [0.2, 0.25) is 0 Å². The van der Waals surface area contributed by atoms with Gasteiger partial charge in [0, 0.05) is 43.0 Å². The van der Waals surface area contributed by atoms with Gasteiger partial charge in [-0.1, -0.05) is 31.4 Å². The van der Waals surface area contributed by atoms with E-state index in [1.807, 2.05) is 13.0 Å². The monoisotopic (exact) mass is 460 g/mol. The third-order valence-electron chi connectivity index (χ3n) is 6.19. The van der Waals surface area contributed by atoms with Crippen molar-refractivity contribution >= 4 is 5.91 Å². The number of alkyl halides is 1. The fraction of sp³-hybridized carbons (Fsp3) is 0.577. The molecule has 7 heteroatoms. The number of hydrogen-bond donors (Lipinski definition) is 3. The van der Waals surface area contributed by atoms with E-state index in [9.17, 15) is 9.18 Å². The molecule has 2 aliphatic rings. The van der Waals surface area contributed by atoms with Crippen molar-refractivity contribution in [1.29, 1.82) is 0 Å². The fourth-order valence-electron chi connectivity index (χ4n) is 4.36. The number of amides is 1. The summed E-state index contributed by atoms with van der Waals surface area (Å²) < 4.78 is 13.3. The molecule has 6 nitrogen and oxygen atoms in total. The van der Waals surface area contributed by atoms with Crippen molar-refractivity contribution in [2.45, 2.75) is 64.1 Å². The van der Waals surface area contributed by atoms with Crippen LogP contribution in [0.25, 0.3) is 0 Å². The first-order valence-electron chi connectivity index (χ1n) is 12.0. The second kappa shape index (κ2) is 14.0. The summed E-state index contributed by atoms with van der Waals surface area (Å²) in [5.41, 5.74) is 7.39. The van der Waals surface area contributed by atoms with Crippen LogP contribution in [0.5, 0.6) is 0 Å². The summed E-state index contributed by atoms with van der Waals surface area (Å²) in [7, 11) is 0. The van der Waals surface area contributed by atoms with Crippen LogP contribution in [-0.4, -0.2) is 65.8 Å². The number of nitrogens with zero attached hydrogens (tertiary/aromatic N) is 2. The van der Waals surface area contributed by atoms with Gasteiger partial charge >= 0.3 is 0 Å². The van der Waals surface area contributed by atoms with Gasteiger partial charge in [0.25, 0.3) is 5.91 Å². The summed E-state index contributed by atoms with van der Waals surface area (Å²) in [5, 5.41) is 12.0. The Morgan fingerprint density at radius 2 is 2.00 bits per heavy atom. The van der Waals surface area contributed by atoms with Crippen molar-refractivity contribution in [2.75, 3.05) is 32.7 Å². The topological polar surface area (TPSA) is 81.8 Å². The number of hydrogen-bond acceptors (Lipinski definition) is 5. The molecule has 2 atom stereocenters. The van der Waals surface area contributed by atoms with Crippen LogP contribution in [0, 0.1) is 0 Å². The van der Waals surface area contributed by atoms with E-state index in [4.69, 9.17) is 10.8 Å². The smallest absolute Gasteiger partial charge is 0.252 e. The van der Waals surface area contributed by atoms with Gasteiger partial charge in [0.15, 0.2) is 5.88 Å². The van der Waals surface area contributed by atoms with Crippen molar-refractivity contribution in [1.82, 2.24) is 15.1 Å². The lowest BCUT2D eigenvalue weighted by molar-refractivity contribution is -0.117. The highest BCUT2D eigenvalue weighted by Gasteiger charge is 2.27. The number of likely N-dealkylation sites (tertiary alicyclic amines) is 2. The third-order valence-corrected chi connectivity index (χ3v) is 6.19. The van der Waals surface area contributed by atoms with E-state index in [-0.39, 0.29) is 17.8 Å². The van der Waals surface area contributed by atoms with Crippen molar-refractivity contribution < 1.29 is 14.3 Å². The number of halogens is 1. The van der Waals surface area contributed by atoms with Crippen molar-refractivity contribution in [3.63, 3.8) is 0 Å². The second-order valence-corrected chi connectivity index (χ2v) is 9.10. The maximum Gasteiger partial charge on any atom is 0.252 e. The summed E-state index contributed by atoms with van der Waals surface area (Å²) in [6.45, 7) is 14.0. The van der Waals surface area contributed by atoms with Gasteiger partial charge in [0.1, 0.15) is 6.17 Å². The van der Waals surface area contributed by atoms with Crippen LogP contribution in [0.3, 0.4) is 0 Å². The highest BCUT2D eigenvalue weighted by atomic mass is 19.1. The van der Waals surface area contributed by atoms with E-state index in [1.54, 1.807) is 0 Å². The van der Waals surface area contributed by atoms with Crippen LogP contribution in [-0.2, 0) is 4.79 Å². The van der Waals surface area contributed by atoms with E-state index >= 15 is 0 Å². The van der Waals surface area contributed by atoms with Gasteiger partial charge in [0.05, 0.1) is 0 Å². The molecule has 0 bridgehead atoms. The van der Waals surface area contributed by atoms with Gasteiger partial charge in [-0.15, -0.1) is 0 Å². The highest BCUT2D eigenvalue weighted by molar-refractivity contribution is 5.95. The lowest BCUT2D eigenvalue weighted by Gasteiger charge is -2.28.